The zero-order chi connectivity index (χ0) is 24.2. The minimum atomic E-state index is -0.584. The fourth-order valence-corrected chi connectivity index (χ4v) is 3.91. The number of ether oxygens (including phenoxy) is 1. The van der Waals surface area contributed by atoms with Gasteiger partial charge in [-0.25, -0.2) is 0 Å². The van der Waals surface area contributed by atoms with Crippen molar-refractivity contribution in [2.45, 2.75) is 25.3 Å². The van der Waals surface area contributed by atoms with Crippen LogP contribution in [0.3, 0.4) is 0 Å². The van der Waals surface area contributed by atoms with Crippen molar-refractivity contribution in [1.82, 2.24) is 15.4 Å². The molecule has 0 bridgehead atoms. The van der Waals surface area contributed by atoms with Crippen LogP contribution in [0.1, 0.15) is 18.6 Å². The van der Waals surface area contributed by atoms with Crippen molar-refractivity contribution in [2.75, 3.05) is 32.2 Å². The fraction of sp³-hybridized carbons (Fsp3) is 0.346. The predicted molar refractivity (Wildman–Crippen MR) is 135 cm³/mol. The first kappa shape index (κ1) is 25.4. The monoisotopic (exact) mass is 481 g/mol. The van der Waals surface area contributed by atoms with E-state index in [4.69, 9.17) is 9.26 Å². The second-order valence-electron chi connectivity index (χ2n) is 7.91. The highest BCUT2D eigenvalue weighted by Crippen LogP contribution is 2.19. The summed E-state index contributed by atoms with van der Waals surface area (Å²) in [5.74, 6) is 1.75. The standard InChI is InChI=1S/C26H31N3O4S/c1-29(16-9-14-22-18-24(28-33-22)20-10-5-3-6-11-20)26(31)23(15-17-34-2)27-25(30)19-32-21-12-7-4-8-13-21/h3-8,10-13,18,23H,9,14-17,19H2,1-2H3,(H,27,30). The SMILES string of the molecule is CSCCC(NC(=O)COc1ccccc1)C(=O)N(C)CCCc1cc(-c2ccccc2)no1. The van der Waals surface area contributed by atoms with Crippen LogP contribution in [0, 0.1) is 0 Å². The molecule has 3 aromatic rings. The third kappa shape index (κ3) is 7.95. The Morgan fingerprint density at radius 3 is 2.53 bits per heavy atom. The van der Waals surface area contributed by atoms with E-state index >= 15 is 0 Å². The number of nitrogens with zero attached hydrogens (tertiary/aromatic N) is 2. The van der Waals surface area contributed by atoms with E-state index in [2.05, 4.69) is 10.5 Å². The lowest BCUT2D eigenvalue weighted by Gasteiger charge is -2.24. The van der Waals surface area contributed by atoms with E-state index in [1.807, 2.05) is 60.9 Å². The van der Waals surface area contributed by atoms with E-state index in [1.165, 1.54) is 0 Å². The molecule has 0 fully saturated rings. The summed E-state index contributed by atoms with van der Waals surface area (Å²) in [7, 11) is 1.76. The van der Waals surface area contributed by atoms with E-state index in [-0.39, 0.29) is 18.4 Å². The number of hydrogen-bond donors (Lipinski definition) is 1. The number of rotatable bonds is 13. The number of carbonyl (C=O) groups is 2. The van der Waals surface area contributed by atoms with E-state index in [0.29, 0.717) is 25.1 Å². The number of benzene rings is 2. The summed E-state index contributed by atoms with van der Waals surface area (Å²) in [5, 5.41) is 6.97. The molecule has 34 heavy (non-hydrogen) atoms. The molecule has 1 aromatic heterocycles. The molecule has 0 spiro atoms. The lowest BCUT2D eigenvalue weighted by molar-refractivity contribution is -0.136. The molecule has 2 aromatic carbocycles. The Morgan fingerprint density at radius 2 is 1.82 bits per heavy atom. The molecule has 0 aliphatic carbocycles. The van der Waals surface area contributed by atoms with Crippen LogP contribution in [0.2, 0.25) is 0 Å². The second-order valence-corrected chi connectivity index (χ2v) is 8.90. The molecule has 3 rings (SSSR count). The molecule has 1 unspecified atom stereocenters. The van der Waals surface area contributed by atoms with Crippen LogP contribution >= 0.6 is 11.8 Å². The highest BCUT2D eigenvalue weighted by molar-refractivity contribution is 7.98. The maximum atomic E-state index is 13.0. The van der Waals surface area contributed by atoms with Crippen molar-refractivity contribution < 1.29 is 18.8 Å². The first-order valence-electron chi connectivity index (χ1n) is 11.3. The first-order valence-corrected chi connectivity index (χ1v) is 12.7. The Labute approximate surface area is 204 Å². The Hall–Kier alpha value is -3.26. The fourth-order valence-electron chi connectivity index (χ4n) is 3.44. The zero-order valence-electron chi connectivity index (χ0n) is 19.6. The van der Waals surface area contributed by atoms with Crippen molar-refractivity contribution in [2.24, 2.45) is 0 Å². The Kier molecular flexibility index (Phi) is 10.0. The number of aromatic nitrogens is 1. The number of thioether (sulfide) groups is 1. The van der Waals surface area contributed by atoms with Gasteiger partial charge in [-0.1, -0.05) is 53.7 Å². The first-order chi connectivity index (χ1) is 16.6. The summed E-state index contributed by atoms with van der Waals surface area (Å²) in [5.41, 5.74) is 1.81. The van der Waals surface area contributed by atoms with Gasteiger partial charge in [0.25, 0.3) is 5.91 Å². The van der Waals surface area contributed by atoms with Gasteiger partial charge < -0.3 is 19.5 Å². The topological polar surface area (TPSA) is 84.7 Å². The molecule has 1 heterocycles. The van der Waals surface area contributed by atoms with E-state index in [9.17, 15) is 9.59 Å². The zero-order valence-corrected chi connectivity index (χ0v) is 20.4. The molecule has 0 saturated heterocycles. The number of hydrogen-bond acceptors (Lipinski definition) is 6. The summed E-state index contributed by atoms with van der Waals surface area (Å²) >= 11 is 1.64. The molecular weight excluding hydrogens is 450 g/mol. The van der Waals surface area contributed by atoms with Gasteiger partial charge in [0.15, 0.2) is 6.61 Å². The van der Waals surface area contributed by atoms with Gasteiger partial charge in [-0.15, -0.1) is 0 Å². The average Bonchev–Trinajstić information content (AvgIpc) is 3.35. The third-order valence-corrected chi connectivity index (χ3v) is 5.92. The summed E-state index contributed by atoms with van der Waals surface area (Å²) in [6, 6.07) is 20.3. The third-order valence-electron chi connectivity index (χ3n) is 5.28. The van der Waals surface area contributed by atoms with E-state index in [1.54, 1.807) is 35.8 Å². The number of nitrogens with one attached hydrogen (secondary N) is 1. The smallest absolute Gasteiger partial charge is 0.258 e. The van der Waals surface area contributed by atoms with Crippen LogP contribution in [0.5, 0.6) is 5.75 Å². The van der Waals surface area contributed by atoms with E-state index in [0.717, 1.165) is 29.2 Å². The Balaban J connectivity index is 1.47. The summed E-state index contributed by atoms with van der Waals surface area (Å²) in [4.78, 5) is 27.1. The van der Waals surface area contributed by atoms with Crippen LogP contribution in [-0.2, 0) is 16.0 Å². The van der Waals surface area contributed by atoms with Gasteiger partial charge in [0.2, 0.25) is 5.91 Å². The molecule has 7 nitrogen and oxygen atoms in total. The minimum Gasteiger partial charge on any atom is -0.484 e. The molecule has 1 atom stereocenters. The average molecular weight is 482 g/mol. The normalized spacial score (nSPS) is 11.6. The molecular formula is C26H31N3O4S. The molecule has 180 valence electrons. The highest BCUT2D eigenvalue weighted by atomic mass is 32.2. The highest BCUT2D eigenvalue weighted by Gasteiger charge is 2.23. The van der Waals surface area contributed by atoms with Gasteiger partial charge in [-0.2, -0.15) is 11.8 Å². The van der Waals surface area contributed by atoms with Crippen LogP contribution in [0.15, 0.2) is 71.3 Å². The van der Waals surface area contributed by atoms with Gasteiger partial charge in [-0.3, -0.25) is 9.59 Å². The van der Waals surface area contributed by atoms with Gasteiger partial charge >= 0.3 is 0 Å². The van der Waals surface area contributed by atoms with Gasteiger partial charge in [0.1, 0.15) is 23.2 Å². The molecule has 0 aliphatic rings. The van der Waals surface area contributed by atoms with Gasteiger partial charge in [-0.05, 0) is 37.0 Å². The minimum absolute atomic E-state index is 0.107. The maximum absolute atomic E-state index is 13.0. The van der Waals surface area contributed by atoms with Gasteiger partial charge in [0.05, 0.1) is 0 Å². The second kappa shape index (κ2) is 13.4. The number of carbonyl (C=O) groups excluding carboxylic acids is 2. The number of aryl methyl sites for hydroxylation is 1. The van der Waals surface area contributed by atoms with Crippen molar-refractivity contribution in [1.29, 1.82) is 0 Å². The van der Waals surface area contributed by atoms with Gasteiger partial charge in [0, 0.05) is 31.6 Å². The van der Waals surface area contributed by atoms with Crippen LogP contribution in [0.25, 0.3) is 11.3 Å². The molecule has 1 N–H and O–H groups in total. The maximum Gasteiger partial charge on any atom is 0.258 e. The molecule has 0 radical (unpaired) electrons. The van der Waals surface area contributed by atoms with Crippen LogP contribution in [-0.4, -0.2) is 60.1 Å². The molecule has 0 aliphatic heterocycles. The largest absolute Gasteiger partial charge is 0.484 e. The number of amides is 2. The van der Waals surface area contributed by atoms with E-state index < -0.39 is 6.04 Å². The Bertz CT molecular complexity index is 1030. The molecule has 2 amide bonds. The van der Waals surface area contributed by atoms with Crippen molar-refractivity contribution >= 4 is 23.6 Å². The Morgan fingerprint density at radius 1 is 1.12 bits per heavy atom. The van der Waals surface area contributed by atoms with Crippen LogP contribution in [0.4, 0.5) is 0 Å². The predicted octanol–water partition coefficient (Wildman–Crippen LogP) is 4.05. The molecule has 0 saturated carbocycles. The quantitative estimate of drug-likeness (QED) is 0.397. The number of para-hydroxylation sites is 1. The van der Waals surface area contributed by atoms with Crippen LogP contribution < -0.4 is 10.1 Å². The summed E-state index contributed by atoms with van der Waals surface area (Å²) < 4.78 is 11.0. The summed E-state index contributed by atoms with van der Waals surface area (Å²) in [6.45, 7) is 0.415. The van der Waals surface area contributed by atoms with Crippen molar-refractivity contribution in [3.8, 4) is 17.0 Å². The van der Waals surface area contributed by atoms with Crippen molar-refractivity contribution in [3.05, 3.63) is 72.5 Å². The van der Waals surface area contributed by atoms with Crippen molar-refractivity contribution in [3.63, 3.8) is 0 Å². The summed E-state index contributed by atoms with van der Waals surface area (Å²) in [6.07, 6.45) is 3.94. The molecule has 8 heteroatoms. The lowest BCUT2D eigenvalue weighted by Crippen LogP contribution is -2.49. The lowest BCUT2D eigenvalue weighted by atomic mass is 10.1. The number of likely N-dealkylation sites (N-methyl/N-ethyl adjacent to an activating group) is 1.